The third kappa shape index (κ3) is 4.21. The molecule has 1 spiro atoms. The van der Waals surface area contributed by atoms with Gasteiger partial charge in [0.15, 0.2) is 0 Å². The first-order valence-corrected chi connectivity index (χ1v) is 9.90. The highest BCUT2D eigenvalue weighted by molar-refractivity contribution is 7.11. The van der Waals surface area contributed by atoms with Crippen molar-refractivity contribution in [1.29, 1.82) is 0 Å². The first-order valence-electron chi connectivity index (χ1n) is 9.08. The summed E-state index contributed by atoms with van der Waals surface area (Å²) in [6.45, 7) is 5.96. The topological polar surface area (TPSA) is 42.0 Å². The molecule has 3 heterocycles. The first-order chi connectivity index (χ1) is 13.0. The maximum atomic E-state index is 13.3. The number of morpholine rings is 1. The molecule has 2 fully saturated rings. The van der Waals surface area contributed by atoms with Crippen molar-refractivity contribution < 1.29 is 18.7 Å². The second-order valence-electron chi connectivity index (χ2n) is 7.20. The maximum absolute atomic E-state index is 13.3. The zero-order valence-corrected chi connectivity index (χ0v) is 16.1. The van der Waals surface area contributed by atoms with Gasteiger partial charge in [0.1, 0.15) is 18.0 Å². The maximum Gasteiger partial charge on any atom is 0.253 e. The van der Waals surface area contributed by atoms with Crippen LogP contribution in [0.1, 0.15) is 9.75 Å². The van der Waals surface area contributed by atoms with Gasteiger partial charge in [0.05, 0.1) is 19.8 Å². The molecule has 4 rings (SSSR count). The predicted octanol–water partition coefficient (Wildman–Crippen LogP) is 2.83. The van der Waals surface area contributed by atoms with Gasteiger partial charge in [-0.25, -0.2) is 4.39 Å². The zero-order chi connectivity index (χ0) is 18.9. The molecule has 1 aromatic carbocycles. The van der Waals surface area contributed by atoms with E-state index in [0.29, 0.717) is 32.0 Å². The van der Waals surface area contributed by atoms with Crippen molar-refractivity contribution >= 4 is 22.9 Å². The summed E-state index contributed by atoms with van der Waals surface area (Å²) >= 11 is 1.80. The zero-order valence-electron chi connectivity index (χ0n) is 15.3. The van der Waals surface area contributed by atoms with E-state index in [2.05, 4.69) is 24.0 Å². The number of ether oxygens (including phenoxy) is 2. The lowest BCUT2D eigenvalue weighted by molar-refractivity contribution is -0.146. The van der Waals surface area contributed by atoms with Crippen LogP contribution in [-0.2, 0) is 20.8 Å². The van der Waals surface area contributed by atoms with E-state index in [4.69, 9.17) is 9.47 Å². The number of hydrogen-bond acceptors (Lipinski definition) is 5. The van der Waals surface area contributed by atoms with E-state index in [-0.39, 0.29) is 18.3 Å². The van der Waals surface area contributed by atoms with Crippen LogP contribution in [0.15, 0.2) is 36.4 Å². The minimum atomic E-state index is -0.578. The van der Waals surface area contributed by atoms with E-state index >= 15 is 0 Å². The molecule has 0 N–H and O–H groups in total. The standard InChI is InChI=1S/C20H23FN2O3S/c1-15-2-7-18(27-15)10-22-8-9-25-14-20(12-22)13-23(19(24)11-26-20)17-5-3-16(21)4-6-17/h2-7H,8-14H2,1H3/t20-/m1/s1. The van der Waals surface area contributed by atoms with Crippen LogP contribution in [0, 0.1) is 12.7 Å². The molecule has 2 aliphatic heterocycles. The number of carbonyl (C=O) groups excluding carboxylic acids is 1. The molecule has 0 unspecified atom stereocenters. The van der Waals surface area contributed by atoms with Gasteiger partial charge in [0, 0.05) is 35.1 Å². The largest absolute Gasteiger partial charge is 0.377 e. The highest BCUT2D eigenvalue weighted by Gasteiger charge is 2.43. The molecule has 5 nitrogen and oxygen atoms in total. The Labute approximate surface area is 162 Å². The Morgan fingerprint density at radius 1 is 1.19 bits per heavy atom. The Morgan fingerprint density at radius 3 is 2.74 bits per heavy atom. The van der Waals surface area contributed by atoms with Crippen molar-refractivity contribution in [3.8, 4) is 0 Å². The van der Waals surface area contributed by atoms with Crippen LogP contribution in [0.25, 0.3) is 0 Å². The summed E-state index contributed by atoms with van der Waals surface area (Å²) in [5.74, 6) is -0.429. The molecule has 2 saturated heterocycles. The molecule has 0 bridgehead atoms. The fourth-order valence-electron chi connectivity index (χ4n) is 3.66. The fourth-order valence-corrected chi connectivity index (χ4v) is 4.60. The molecular weight excluding hydrogens is 367 g/mol. The van der Waals surface area contributed by atoms with Crippen molar-refractivity contribution in [2.75, 3.05) is 44.4 Å². The third-order valence-corrected chi connectivity index (χ3v) is 5.98. The van der Waals surface area contributed by atoms with Gasteiger partial charge in [-0.15, -0.1) is 11.3 Å². The third-order valence-electron chi connectivity index (χ3n) is 4.99. The van der Waals surface area contributed by atoms with E-state index in [1.807, 2.05) is 0 Å². The molecule has 2 aliphatic rings. The van der Waals surface area contributed by atoms with Crippen molar-refractivity contribution in [2.45, 2.75) is 19.1 Å². The molecule has 27 heavy (non-hydrogen) atoms. The number of carbonyl (C=O) groups is 1. The second kappa shape index (κ2) is 7.67. The monoisotopic (exact) mass is 390 g/mol. The number of amides is 1. The lowest BCUT2D eigenvalue weighted by Crippen LogP contribution is -2.60. The molecule has 144 valence electrons. The Bertz CT molecular complexity index is 810. The fraction of sp³-hybridized carbons (Fsp3) is 0.450. The van der Waals surface area contributed by atoms with Crippen LogP contribution in [0.4, 0.5) is 10.1 Å². The SMILES string of the molecule is Cc1ccc(CN2CCOC[C@@]3(C2)CN(c2ccc(F)cc2)C(=O)CO3)s1. The van der Waals surface area contributed by atoms with Gasteiger partial charge in [-0.3, -0.25) is 9.69 Å². The van der Waals surface area contributed by atoms with Gasteiger partial charge < -0.3 is 14.4 Å². The molecule has 2 aromatic rings. The summed E-state index contributed by atoms with van der Waals surface area (Å²) < 4.78 is 25.1. The van der Waals surface area contributed by atoms with E-state index in [0.717, 1.165) is 13.1 Å². The summed E-state index contributed by atoms with van der Waals surface area (Å²) in [4.78, 5) is 19.0. The normalized spacial score (nSPS) is 24.4. The summed E-state index contributed by atoms with van der Waals surface area (Å²) in [6, 6.07) is 10.3. The van der Waals surface area contributed by atoms with Gasteiger partial charge in [-0.05, 0) is 43.3 Å². The van der Waals surface area contributed by atoms with Gasteiger partial charge in [0.2, 0.25) is 0 Å². The van der Waals surface area contributed by atoms with E-state index < -0.39 is 5.60 Å². The predicted molar refractivity (Wildman–Crippen MR) is 103 cm³/mol. The number of hydrogen-bond donors (Lipinski definition) is 0. The Morgan fingerprint density at radius 2 is 2.00 bits per heavy atom. The van der Waals surface area contributed by atoms with Gasteiger partial charge in [-0.1, -0.05) is 0 Å². The highest BCUT2D eigenvalue weighted by atomic mass is 32.1. The number of rotatable bonds is 3. The molecule has 7 heteroatoms. The van der Waals surface area contributed by atoms with Crippen molar-refractivity contribution in [3.05, 3.63) is 52.0 Å². The van der Waals surface area contributed by atoms with Crippen molar-refractivity contribution in [2.24, 2.45) is 0 Å². The van der Waals surface area contributed by atoms with E-state index in [9.17, 15) is 9.18 Å². The number of nitrogens with zero attached hydrogens (tertiary/aromatic N) is 2. The highest BCUT2D eigenvalue weighted by Crippen LogP contribution is 2.28. The van der Waals surface area contributed by atoms with Crippen LogP contribution in [0.5, 0.6) is 0 Å². The average molecular weight is 390 g/mol. The summed E-state index contributed by atoms with van der Waals surface area (Å²) in [6.07, 6.45) is 0. The summed E-state index contributed by atoms with van der Waals surface area (Å²) in [5.41, 5.74) is 0.110. The van der Waals surface area contributed by atoms with Gasteiger partial charge in [0.25, 0.3) is 5.91 Å². The molecule has 1 amide bonds. The molecule has 0 aliphatic carbocycles. The summed E-state index contributed by atoms with van der Waals surface area (Å²) in [7, 11) is 0. The van der Waals surface area contributed by atoms with Crippen LogP contribution in [0.3, 0.4) is 0 Å². The van der Waals surface area contributed by atoms with E-state index in [1.165, 1.54) is 21.9 Å². The number of thiophene rings is 1. The quantitative estimate of drug-likeness (QED) is 0.808. The number of benzene rings is 1. The van der Waals surface area contributed by atoms with Crippen LogP contribution < -0.4 is 4.90 Å². The number of halogens is 1. The smallest absolute Gasteiger partial charge is 0.253 e. The van der Waals surface area contributed by atoms with Crippen molar-refractivity contribution in [3.63, 3.8) is 0 Å². The molecule has 0 radical (unpaired) electrons. The molecule has 0 saturated carbocycles. The Hall–Kier alpha value is -1.80. The summed E-state index contributed by atoms with van der Waals surface area (Å²) in [5, 5.41) is 0. The van der Waals surface area contributed by atoms with Crippen LogP contribution >= 0.6 is 11.3 Å². The van der Waals surface area contributed by atoms with Crippen LogP contribution in [0.2, 0.25) is 0 Å². The molecule has 1 atom stereocenters. The molecule has 1 aromatic heterocycles. The van der Waals surface area contributed by atoms with Crippen LogP contribution in [-0.4, -0.2) is 55.9 Å². The van der Waals surface area contributed by atoms with E-state index in [1.54, 1.807) is 28.4 Å². The Kier molecular flexibility index (Phi) is 5.27. The Balaban J connectivity index is 1.52. The van der Waals surface area contributed by atoms with Gasteiger partial charge >= 0.3 is 0 Å². The first kappa shape index (κ1) is 18.6. The minimum absolute atomic E-state index is 0.00663. The lowest BCUT2D eigenvalue weighted by Gasteiger charge is -2.43. The minimum Gasteiger partial charge on any atom is -0.377 e. The molecular formula is C20H23FN2O3S. The lowest BCUT2D eigenvalue weighted by atomic mass is 10.0. The second-order valence-corrected chi connectivity index (χ2v) is 8.58. The number of anilines is 1. The van der Waals surface area contributed by atoms with Gasteiger partial charge in [-0.2, -0.15) is 0 Å². The number of aryl methyl sites for hydroxylation is 1. The van der Waals surface area contributed by atoms with Crippen molar-refractivity contribution in [1.82, 2.24) is 4.90 Å². The average Bonchev–Trinajstić information content (AvgIpc) is 2.96.